The van der Waals surface area contributed by atoms with Gasteiger partial charge in [-0.15, -0.1) is 0 Å². The van der Waals surface area contributed by atoms with Crippen LogP contribution in [0.3, 0.4) is 0 Å². The van der Waals surface area contributed by atoms with E-state index in [0.29, 0.717) is 19.1 Å². The first-order valence-corrected chi connectivity index (χ1v) is 6.41. The van der Waals surface area contributed by atoms with Gasteiger partial charge in [0.2, 0.25) is 0 Å². The number of hydrogen-bond acceptors (Lipinski definition) is 4. The molecule has 0 fully saturated rings. The third kappa shape index (κ3) is 2.76. The van der Waals surface area contributed by atoms with Crippen molar-refractivity contribution in [3.63, 3.8) is 0 Å². The van der Waals surface area contributed by atoms with Crippen LogP contribution in [0.2, 0.25) is 0 Å². The molecule has 1 aromatic rings. The molecule has 1 N–H and O–H groups in total. The molecule has 0 amide bonds. The molecule has 2 rings (SSSR count). The summed E-state index contributed by atoms with van der Waals surface area (Å²) in [5.41, 5.74) is 5.28. The molecule has 18 heavy (non-hydrogen) atoms. The summed E-state index contributed by atoms with van der Waals surface area (Å²) in [6.45, 7) is 6.44. The predicted molar refractivity (Wildman–Crippen MR) is 70.0 cm³/mol. The second kappa shape index (κ2) is 6.07. The molecule has 0 bridgehead atoms. The summed E-state index contributed by atoms with van der Waals surface area (Å²) >= 11 is 0. The van der Waals surface area contributed by atoms with Crippen molar-refractivity contribution in [3.05, 3.63) is 23.3 Å². The summed E-state index contributed by atoms with van der Waals surface area (Å²) in [6, 6.07) is 4.06. The van der Waals surface area contributed by atoms with E-state index in [-0.39, 0.29) is 0 Å². The fourth-order valence-corrected chi connectivity index (χ4v) is 2.24. The van der Waals surface area contributed by atoms with Gasteiger partial charge in [0.05, 0.1) is 20.3 Å². The maximum absolute atomic E-state index is 5.87. The number of benzene rings is 1. The maximum Gasteiger partial charge on any atom is 0.164 e. The first-order valence-electron chi connectivity index (χ1n) is 6.41. The first-order chi connectivity index (χ1) is 8.74. The Morgan fingerprint density at radius 2 is 2.06 bits per heavy atom. The minimum Gasteiger partial charge on any atom is -0.490 e. The molecule has 100 valence electrons. The highest BCUT2D eigenvalue weighted by atomic mass is 16.6. The number of hydroxylamine groups is 1. The van der Waals surface area contributed by atoms with E-state index in [0.717, 1.165) is 24.5 Å². The summed E-state index contributed by atoms with van der Waals surface area (Å²) in [7, 11) is 1.62. The molecule has 0 radical (unpaired) electrons. The van der Waals surface area contributed by atoms with Gasteiger partial charge >= 0.3 is 0 Å². The van der Waals surface area contributed by atoms with Crippen molar-refractivity contribution in [2.24, 2.45) is 0 Å². The van der Waals surface area contributed by atoms with Crippen LogP contribution < -0.4 is 15.0 Å². The van der Waals surface area contributed by atoms with Crippen LogP contribution in [-0.2, 0) is 11.4 Å². The predicted octanol–water partition coefficient (Wildman–Crippen LogP) is 2.62. The molecule has 0 saturated carbocycles. The maximum atomic E-state index is 5.87. The SMILES string of the molecule is CONCc1ccc2c(c1C(C)C)OCCCO2. The van der Waals surface area contributed by atoms with Crippen molar-refractivity contribution in [2.45, 2.75) is 32.7 Å². The fourth-order valence-electron chi connectivity index (χ4n) is 2.24. The molecule has 0 saturated heterocycles. The van der Waals surface area contributed by atoms with E-state index >= 15 is 0 Å². The Labute approximate surface area is 108 Å². The lowest BCUT2D eigenvalue weighted by atomic mass is 9.95. The molecule has 1 aromatic carbocycles. The van der Waals surface area contributed by atoms with Gasteiger partial charge in [-0.2, -0.15) is 5.48 Å². The van der Waals surface area contributed by atoms with Crippen LogP contribution in [0.25, 0.3) is 0 Å². The highest BCUT2D eigenvalue weighted by Crippen LogP contribution is 2.39. The standard InChI is InChI=1S/C14H21NO3/c1-10(2)13-11(9-15-16-3)5-6-12-14(13)18-8-4-7-17-12/h5-6,10,15H,4,7-9H2,1-3H3. The molecule has 4 nitrogen and oxygen atoms in total. The van der Waals surface area contributed by atoms with E-state index in [1.165, 1.54) is 11.1 Å². The molecule has 0 spiro atoms. The van der Waals surface area contributed by atoms with Crippen molar-refractivity contribution in [1.82, 2.24) is 5.48 Å². The Kier molecular flexibility index (Phi) is 4.44. The highest BCUT2D eigenvalue weighted by molar-refractivity contribution is 5.52. The molecule has 0 atom stereocenters. The van der Waals surface area contributed by atoms with Gasteiger partial charge in [-0.05, 0) is 17.5 Å². The average Bonchev–Trinajstić information content (AvgIpc) is 2.60. The molecule has 4 heteroatoms. The van der Waals surface area contributed by atoms with Gasteiger partial charge < -0.3 is 14.3 Å². The summed E-state index contributed by atoms with van der Waals surface area (Å²) < 4.78 is 11.6. The average molecular weight is 251 g/mol. The zero-order chi connectivity index (χ0) is 13.0. The lowest BCUT2D eigenvalue weighted by molar-refractivity contribution is 0.0864. The number of ether oxygens (including phenoxy) is 2. The minimum atomic E-state index is 0.385. The molecule has 1 aliphatic rings. The molecule has 0 aromatic heterocycles. The van der Waals surface area contributed by atoms with Gasteiger partial charge in [0.15, 0.2) is 11.5 Å². The van der Waals surface area contributed by atoms with Gasteiger partial charge in [0.25, 0.3) is 0 Å². The van der Waals surface area contributed by atoms with Gasteiger partial charge in [0.1, 0.15) is 0 Å². The van der Waals surface area contributed by atoms with E-state index in [2.05, 4.69) is 25.4 Å². The van der Waals surface area contributed by atoms with Gasteiger partial charge in [-0.3, -0.25) is 0 Å². The smallest absolute Gasteiger partial charge is 0.164 e. The monoisotopic (exact) mass is 251 g/mol. The number of hydrogen-bond donors (Lipinski definition) is 1. The van der Waals surface area contributed by atoms with Crippen molar-refractivity contribution in [1.29, 1.82) is 0 Å². The van der Waals surface area contributed by atoms with Crippen LogP contribution in [0.4, 0.5) is 0 Å². The Morgan fingerprint density at radius 1 is 1.28 bits per heavy atom. The zero-order valence-electron chi connectivity index (χ0n) is 11.3. The molecule has 0 unspecified atom stereocenters. The molecule has 0 aliphatic carbocycles. The Hall–Kier alpha value is -1.26. The van der Waals surface area contributed by atoms with Crippen LogP contribution in [0.1, 0.15) is 37.3 Å². The van der Waals surface area contributed by atoms with Crippen LogP contribution in [0.5, 0.6) is 11.5 Å². The quantitative estimate of drug-likeness (QED) is 0.835. The summed E-state index contributed by atoms with van der Waals surface area (Å²) in [6.07, 6.45) is 0.928. The largest absolute Gasteiger partial charge is 0.490 e. The molecule has 1 heterocycles. The summed E-state index contributed by atoms with van der Waals surface area (Å²) in [5.74, 6) is 2.14. The van der Waals surface area contributed by atoms with Crippen molar-refractivity contribution in [3.8, 4) is 11.5 Å². The van der Waals surface area contributed by atoms with E-state index in [9.17, 15) is 0 Å². The minimum absolute atomic E-state index is 0.385. The van der Waals surface area contributed by atoms with Gasteiger partial charge in [-0.25, -0.2) is 0 Å². The van der Waals surface area contributed by atoms with Gasteiger partial charge in [-0.1, -0.05) is 19.9 Å². The summed E-state index contributed by atoms with van der Waals surface area (Å²) in [5, 5.41) is 0. The molecular formula is C14H21NO3. The van der Waals surface area contributed by atoms with Crippen LogP contribution in [-0.4, -0.2) is 20.3 Å². The summed E-state index contributed by atoms with van der Waals surface area (Å²) in [4.78, 5) is 4.93. The lowest BCUT2D eigenvalue weighted by Gasteiger charge is -2.19. The lowest BCUT2D eigenvalue weighted by Crippen LogP contribution is -2.14. The highest BCUT2D eigenvalue weighted by Gasteiger charge is 2.20. The molecule has 1 aliphatic heterocycles. The number of rotatable bonds is 4. The van der Waals surface area contributed by atoms with E-state index < -0.39 is 0 Å². The second-order valence-corrected chi connectivity index (χ2v) is 4.70. The fraction of sp³-hybridized carbons (Fsp3) is 0.571. The van der Waals surface area contributed by atoms with Crippen molar-refractivity contribution >= 4 is 0 Å². The normalized spacial score (nSPS) is 14.7. The Morgan fingerprint density at radius 3 is 2.78 bits per heavy atom. The van der Waals surface area contributed by atoms with E-state index in [4.69, 9.17) is 14.3 Å². The second-order valence-electron chi connectivity index (χ2n) is 4.70. The van der Waals surface area contributed by atoms with Gasteiger partial charge in [0, 0.05) is 18.5 Å². The Bertz CT molecular complexity index is 404. The number of nitrogens with one attached hydrogen (secondary N) is 1. The topological polar surface area (TPSA) is 39.7 Å². The number of fused-ring (bicyclic) bond motifs is 1. The van der Waals surface area contributed by atoms with E-state index in [1.54, 1.807) is 7.11 Å². The van der Waals surface area contributed by atoms with Crippen molar-refractivity contribution in [2.75, 3.05) is 20.3 Å². The van der Waals surface area contributed by atoms with Crippen molar-refractivity contribution < 1.29 is 14.3 Å². The zero-order valence-corrected chi connectivity index (χ0v) is 11.3. The first kappa shape index (κ1) is 13.2. The van der Waals surface area contributed by atoms with Crippen LogP contribution in [0, 0.1) is 0 Å². The van der Waals surface area contributed by atoms with E-state index in [1.807, 2.05) is 6.07 Å². The van der Waals surface area contributed by atoms with Crippen LogP contribution in [0.15, 0.2) is 12.1 Å². The third-order valence-corrected chi connectivity index (χ3v) is 3.03. The van der Waals surface area contributed by atoms with Crippen LogP contribution >= 0.6 is 0 Å². The third-order valence-electron chi connectivity index (χ3n) is 3.03. The molecular weight excluding hydrogens is 230 g/mol. The Balaban J connectivity index is 2.39.